The molecule has 3 aromatic heterocycles. The first kappa shape index (κ1) is 23.7. The molecule has 0 saturated carbocycles. The number of aromatic nitrogens is 6. The zero-order valence-corrected chi connectivity index (χ0v) is 21.9. The molecule has 192 valence electrons. The predicted octanol–water partition coefficient (Wildman–Crippen LogP) is 2.65. The van der Waals surface area contributed by atoms with Crippen LogP contribution in [0, 0.1) is 19.3 Å². The first-order chi connectivity index (χ1) is 17.6. The number of aromatic amines is 1. The second kappa shape index (κ2) is 8.45. The molecule has 12 heteroatoms. The van der Waals surface area contributed by atoms with Gasteiger partial charge in [0.05, 0.1) is 23.7 Å². The van der Waals surface area contributed by atoms with E-state index >= 15 is 0 Å². The highest BCUT2D eigenvalue weighted by Crippen LogP contribution is 2.42. The molecular weight excluding hydrogens is 492 g/mol. The van der Waals surface area contributed by atoms with Crippen LogP contribution in [0.5, 0.6) is 5.75 Å². The van der Waals surface area contributed by atoms with E-state index in [1.807, 2.05) is 39.0 Å². The minimum atomic E-state index is -3.11. The first-order valence-electron chi connectivity index (χ1n) is 12.1. The number of ether oxygens (including phenoxy) is 1. The van der Waals surface area contributed by atoms with Crippen molar-refractivity contribution in [3.05, 3.63) is 53.6 Å². The van der Waals surface area contributed by atoms with Crippen LogP contribution in [0.3, 0.4) is 0 Å². The molecule has 0 unspecified atom stereocenters. The number of aryl methyl sites for hydroxylation is 2. The number of benzene rings is 1. The fraction of sp³-hybridized carbons (Fsp3) is 0.400. The number of nitrogens with one attached hydrogen (secondary N) is 1. The van der Waals surface area contributed by atoms with Crippen molar-refractivity contribution in [2.75, 3.05) is 37.3 Å². The van der Waals surface area contributed by atoms with E-state index in [1.165, 1.54) is 10.6 Å². The van der Waals surface area contributed by atoms with Gasteiger partial charge in [0.25, 0.3) is 0 Å². The van der Waals surface area contributed by atoms with Gasteiger partial charge in [0, 0.05) is 60.5 Å². The summed E-state index contributed by atoms with van der Waals surface area (Å²) in [6.07, 6.45) is 6.37. The van der Waals surface area contributed by atoms with Gasteiger partial charge in [-0.3, -0.25) is 5.10 Å². The van der Waals surface area contributed by atoms with E-state index in [0.717, 1.165) is 57.8 Å². The zero-order valence-electron chi connectivity index (χ0n) is 21.1. The summed E-state index contributed by atoms with van der Waals surface area (Å²) in [5.41, 5.74) is 5.40. The lowest BCUT2D eigenvalue weighted by molar-refractivity contribution is 0.0389. The Morgan fingerprint density at radius 3 is 2.49 bits per heavy atom. The Labute approximate surface area is 215 Å². The second-order valence-electron chi connectivity index (χ2n) is 10.2. The van der Waals surface area contributed by atoms with Crippen LogP contribution >= 0.6 is 0 Å². The van der Waals surface area contributed by atoms with Crippen LogP contribution in [0.2, 0.25) is 0 Å². The third-order valence-electron chi connectivity index (χ3n) is 7.27. The van der Waals surface area contributed by atoms with Gasteiger partial charge in [0.1, 0.15) is 17.5 Å². The van der Waals surface area contributed by atoms with Gasteiger partial charge in [-0.1, -0.05) is 0 Å². The molecule has 1 aromatic carbocycles. The van der Waals surface area contributed by atoms with Crippen LogP contribution in [0.1, 0.15) is 29.8 Å². The smallest absolute Gasteiger partial charge is 0.225 e. The Bertz CT molecular complexity index is 1570. The van der Waals surface area contributed by atoms with Crippen molar-refractivity contribution >= 4 is 26.9 Å². The molecule has 6 rings (SSSR count). The van der Waals surface area contributed by atoms with Gasteiger partial charge in [-0.2, -0.15) is 15.3 Å². The zero-order chi connectivity index (χ0) is 25.9. The van der Waals surface area contributed by atoms with Crippen LogP contribution in [-0.2, 0) is 10.0 Å². The molecule has 1 N–H and O–H groups in total. The SMILES string of the molecule is Cc1cnnc(C)c1[C@H](C)Oc1ccc2[nH]nc(-c3cnc(N4CC5(C4)CN(S(C)(=O)=O)C5)nc3)c2c1. The van der Waals surface area contributed by atoms with Crippen molar-refractivity contribution in [2.24, 2.45) is 5.41 Å². The largest absolute Gasteiger partial charge is 0.486 e. The summed E-state index contributed by atoms with van der Waals surface area (Å²) in [7, 11) is -3.11. The topological polar surface area (TPSA) is 130 Å². The van der Waals surface area contributed by atoms with Gasteiger partial charge >= 0.3 is 0 Å². The molecule has 2 aliphatic heterocycles. The number of sulfonamides is 1. The Hall–Kier alpha value is -3.64. The van der Waals surface area contributed by atoms with Crippen molar-refractivity contribution in [1.82, 2.24) is 34.7 Å². The average Bonchev–Trinajstić information content (AvgIpc) is 3.20. The minimum absolute atomic E-state index is 0.0282. The number of hydrogen-bond acceptors (Lipinski definition) is 9. The standard InChI is InChI=1S/C25H28N8O3S/c1-15-8-28-29-16(2)22(15)17(3)36-19-5-6-21-20(7-19)23(31-30-21)18-9-26-24(27-10-18)32-11-25(12-32)13-33(14-25)37(4,34)35/h5-10,17H,11-14H2,1-4H3,(H,30,31)/t17-/m0/s1. The monoisotopic (exact) mass is 520 g/mol. The van der Waals surface area contributed by atoms with Gasteiger partial charge in [-0.15, -0.1) is 0 Å². The molecule has 4 aromatic rings. The van der Waals surface area contributed by atoms with Gasteiger partial charge in [-0.05, 0) is 44.5 Å². The Balaban J connectivity index is 1.18. The first-order valence-corrected chi connectivity index (χ1v) is 13.9. The third kappa shape index (κ3) is 4.19. The number of H-pyrrole nitrogens is 1. The highest BCUT2D eigenvalue weighted by Gasteiger charge is 2.54. The number of rotatable bonds is 6. The highest BCUT2D eigenvalue weighted by molar-refractivity contribution is 7.88. The number of hydrogen-bond donors (Lipinski definition) is 1. The maximum absolute atomic E-state index is 11.7. The third-order valence-corrected chi connectivity index (χ3v) is 8.46. The summed E-state index contributed by atoms with van der Waals surface area (Å²) in [5, 5.41) is 16.7. The van der Waals surface area contributed by atoms with Crippen LogP contribution in [-0.4, -0.2) is 75.5 Å². The summed E-state index contributed by atoms with van der Waals surface area (Å²) in [4.78, 5) is 11.2. The molecule has 0 radical (unpaired) electrons. The van der Waals surface area contributed by atoms with E-state index in [1.54, 1.807) is 18.6 Å². The van der Waals surface area contributed by atoms with Crippen LogP contribution < -0.4 is 9.64 Å². The van der Waals surface area contributed by atoms with Gasteiger partial charge < -0.3 is 9.64 Å². The van der Waals surface area contributed by atoms with Crippen molar-refractivity contribution in [2.45, 2.75) is 26.9 Å². The molecule has 0 bridgehead atoms. The van der Waals surface area contributed by atoms with Crippen molar-refractivity contribution in [1.29, 1.82) is 0 Å². The van der Waals surface area contributed by atoms with Gasteiger partial charge in [0.15, 0.2) is 0 Å². The van der Waals surface area contributed by atoms with Crippen molar-refractivity contribution in [3.8, 4) is 17.0 Å². The average molecular weight is 521 g/mol. The molecule has 2 saturated heterocycles. The van der Waals surface area contributed by atoms with Crippen LogP contribution in [0.4, 0.5) is 5.95 Å². The minimum Gasteiger partial charge on any atom is -0.486 e. The molecular formula is C25H28N8O3S. The second-order valence-corrected chi connectivity index (χ2v) is 12.2. The normalized spacial score (nSPS) is 18.0. The summed E-state index contributed by atoms with van der Waals surface area (Å²) in [6.45, 7) is 8.61. The lowest BCUT2D eigenvalue weighted by Crippen LogP contribution is -2.73. The molecule has 1 spiro atoms. The summed E-state index contributed by atoms with van der Waals surface area (Å²) in [6, 6.07) is 5.84. The fourth-order valence-electron chi connectivity index (χ4n) is 5.42. The molecule has 2 aliphatic rings. The summed E-state index contributed by atoms with van der Waals surface area (Å²) >= 11 is 0. The van der Waals surface area contributed by atoms with Gasteiger partial charge in [-0.25, -0.2) is 22.7 Å². The van der Waals surface area contributed by atoms with Crippen LogP contribution in [0.15, 0.2) is 36.8 Å². The number of anilines is 1. The van der Waals surface area contributed by atoms with E-state index < -0.39 is 10.0 Å². The Morgan fingerprint density at radius 1 is 1.08 bits per heavy atom. The van der Waals surface area contributed by atoms with E-state index in [9.17, 15) is 8.42 Å². The van der Waals surface area contributed by atoms with Gasteiger partial charge in [0.2, 0.25) is 16.0 Å². The molecule has 2 fully saturated rings. The van der Waals surface area contributed by atoms with E-state index in [2.05, 4.69) is 35.3 Å². The molecule has 37 heavy (non-hydrogen) atoms. The number of nitrogens with zero attached hydrogens (tertiary/aromatic N) is 7. The molecule has 11 nitrogen and oxygen atoms in total. The summed E-state index contributed by atoms with van der Waals surface area (Å²) in [5.74, 6) is 1.37. The molecule has 0 amide bonds. The summed E-state index contributed by atoms with van der Waals surface area (Å²) < 4.78 is 31.1. The maximum atomic E-state index is 11.7. The molecule has 1 atom stereocenters. The Morgan fingerprint density at radius 2 is 1.81 bits per heavy atom. The maximum Gasteiger partial charge on any atom is 0.225 e. The quantitative estimate of drug-likeness (QED) is 0.408. The lowest BCUT2D eigenvalue weighted by Gasteiger charge is -2.59. The predicted molar refractivity (Wildman–Crippen MR) is 139 cm³/mol. The van der Waals surface area contributed by atoms with E-state index in [4.69, 9.17) is 4.74 Å². The number of fused-ring (bicyclic) bond motifs is 1. The molecule has 5 heterocycles. The fourth-order valence-corrected chi connectivity index (χ4v) is 6.44. The van der Waals surface area contributed by atoms with E-state index in [-0.39, 0.29) is 11.5 Å². The lowest BCUT2D eigenvalue weighted by atomic mass is 9.74. The highest BCUT2D eigenvalue weighted by atomic mass is 32.2. The van der Waals surface area contributed by atoms with Crippen LogP contribution in [0.25, 0.3) is 22.2 Å². The van der Waals surface area contributed by atoms with E-state index in [0.29, 0.717) is 19.0 Å². The van der Waals surface area contributed by atoms with Crippen molar-refractivity contribution in [3.63, 3.8) is 0 Å². The molecule has 0 aliphatic carbocycles. The Kier molecular flexibility index (Phi) is 5.42. The van der Waals surface area contributed by atoms with Crippen molar-refractivity contribution < 1.29 is 13.2 Å².